The molecule has 0 spiro atoms. The highest BCUT2D eigenvalue weighted by atomic mass is 32.2. The average molecular weight is 274 g/mol. The van der Waals surface area contributed by atoms with Crippen LogP contribution in [0.4, 0.5) is 0 Å². The third-order valence-corrected chi connectivity index (χ3v) is 3.63. The molecule has 1 aromatic heterocycles. The fourth-order valence-electron chi connectivity index (χ4n) is 1.11. The molecule has 0 aliphatic carbocycles. The normalized spacial score (nSPS) is 10.1. The fourth-order valence-corrected chi connectivity index (χ4v) is 2.29. The summed E-state index contributed by atoms with van der Waals surface area (Å²) in [6.07, 6.45) is 2.81. The van der Waals surface area contributed by atoms with Crippen molar-refractivity contribution >= 4 is 35.0 Å². The van der Waals surface area contributed by atoms with Crippen molar-refractivity contribution in [2.24, 2.45) is 0 Å². The maximum absolute atomic E-state index is 11.4. The van der Waals surface area contributed by atoms with Crippen molar-refractivity contribution in [3.63, 3.8) is 0 Å². The number of rotatable bonds is 8. The molecule has 7 heteroatoms. The molecule has 0 bridgehead atoms. The van der Waals surface area contributed by atoms with E-state index < -0.39 is 5.97 Å². The maximum Gasteiger partial charge on any atom is 0.313 e. The highest BCUT2D eigenvalue weighted by Crippen LogP contribution is 2.06. The lowest BCUT2D eigenvalue weighted by Crippen LogP contribution is -2.26. The third-order valence-electron chi connectivity index (χ3n) is 1.84. The van der Waals surface area contributed by atoms with Gasteiger partial charge in [-0.25, -0.2) is 4.98 Å². The summed E-state index contributed by atoms with van der Waals surface area (Å²) in [4.78, 5) is 25.7. The van der Waals surface area contributed by atoms with E-state index in [0.29, 0.717) is 25.1 Å². The first-order chi connectivity index (χ1) is 8.18. The van der Waals surface area contributed by atoms with Gasteiger partial charge in [0.25, 0.3) is 0 Å². The molecule has 1 heterocycles. The van der Waals surface area contributed by atoms with Crippen LogP contribution in [0.2, 0.25) is 0 Å². The number of aryl methyl sites for hydroxylation is 1. The lowest BCUT2D eigenvalue weighted by atomic mass is 10.3. The highest BCUT2D eigenvalue weighted by Gasteiger charge is 2.03. The van der Waals surface area contributed by atoms with Crippen molar-refractivity contribution in [3.05, 3.63) is 16.6 Å². The zero-order chi connectivity index (χ0) is 12.5. The van der Waals surface area contributed by atoms with E-state index in [1.165, 1.54) is 23.1 Å². The molecule has 1 rings (SSSR count). The van der Waals surface area contributed by atoms with Crippen LogP contribution in [0.5, 0.6) is 0 Å². The molecular formula is C10H14N2O3S2. The van der Waals surface area contributed by atoms with Gasteiger partial charge in [-0.05, 0) is 0 Å². The van der Waals surface area contributed by atoms with Crippen LogP contribution in [-0.4, -0.2) is 40.0 Å². The summed E-state index contributed by atoms with van der Waals surface area (Å²) in [6.45, 7) is 0.509. The molecule has 0 aliphatic heterocycles. The van der Waals surface area contributed by atoms with Crippen LogP contribution >= 0.6 is 23.1 Å². The number of carbonyl (C=O) groups excluding carboxylic acids is 1. The van der Waals surface area contributed by atoms with E-state index in [2.05, 4.69) is 10.3 Å². The van der Waals surface area contributed by atoms with Gasteiger partial charge in [-0.3, -0.25) is 9.59 Å². The van der Waals surface area contributed by atoms with Gasteiger partial charge in [0.05, 0.1) is 10.8 Å². The maximum atomic E-state index is 11.4. The van der Waals surface area contributed by atoms with Crippen LogP contribution in [-0.2, 0) is 16.0 Å². The van der Waals surface area contributed by atoms with Crippen molar-refractivity contribution in [2.75, 3.05) is 18.1 Å². The molecule has 0 aliphatic rings. The summed E-state index contributed by atoms with van der Waals surface area (Å²) < 4.78 is 0. The van der Waals surface area contributed by atoms with Crippen LogP contribution in [0, 0.1) is 0 Å². The first kappa shape index (κ1) is 14.0. The number of nitrogens with one attached hydrogen (secondary N) is 1. The van der Waals surface area contributed by atoms with Gasteiger partial charge in [0.1, 0.15) is 0 Å². The van der Waals surface area contributed by atoms with Crippen LogP contribution < -0.4 is 5.32 Å². The molecule has 0 saturated heterocycles. The lowest BCUT2D eigenvalue weighted by Gasteiger charge is -2.03. The van der Waals surface area contributed by atoms with Crippen LogP contribution in [0.25, 0.3) is 0 Å². The Morgan fingerprint density at radius 3 is 3.00 bits per heavy atom. The summed E-state index contributed by atoms with van der Waals surface area (Å²) in [5.41, 5.74) is 0. The van der Waals surface area contributed by atoms with Gasteiger partial charge >= 0.3 is 5.97 Å². The van der Waals surface area contributed by atoms with E-state index >= 15 is 0 Å². The zero-order valence-electron chi connectivity index (χ0n) is 9.22. The van der Waals surface area contributed by atoms with Gasteiger partial charge in [-0.1, -0.05) is 0 Å². The third kappa shape index (κ3) is 6.96. The minimum Gasteiger partial charge on any atom is -0.481 e. The summed E-state index contributed by atoms with van der Waals surface area (Å²) in [7, 11) is 0. The number of hydrogen-bond donors (Lipinski definition) is 2. The second-order valence-electron chi connectivity index (χ2n) is 3.22. The molecule has 5 nitrogen and oxygen atoms in total. The fraction of sp³-hybridized carbons (Fsp3) is 0.500. The molecule has 0 saturated carbocycles. The Morgan fingerprint density at radius 1 is 1.53 bits per heavy atom. The Balaban J connectivity index is 2.00. The predicted molar refractivity (Wildman–Crippen MR) is 68.4 cm³/mol. The number of thioether (sulfide) groups is 1. The Hall–Kier alpha value is -1.08. The molecule has 0 aromatic carbocycles. The van der Waals surface area contributed by atoms with Crippen LogP contribution in [0.1, 0.15) is 11.4 Å². The Bertz CT molecular complexity index is 354. The van der Waals surface area contributed by atoms with E-state index in [4.69, 9.17) is 5.11 Å². The van der Waals surface area contributed by atoms with Crippen molar-refractivity contribution in [1.82, 2.24) is 10.3 Å². The SMILES string of the molecule is O=C(O)CSCCNC(=O)CCc1nccs1. The first-order valence-electron chi connectivity index (χ1n) is 5.13. The number of amides is 1. The monoisotopic (exact) mass is 274 g/mol. The second kappa shape index (κ2) is 8.08. The Morgan fingerprint density at radius 2 is 2.35 bits per heavy atom. The van der Waals surface area contributed by atoms with Crippen molar-refractivity contribution in [1.29, 1.82) is 0 Å². The quantitative estimate of drug-likeness (QED) is 0.692. The lowest BCUT2D eigenvalue weighted by molar-refractivity contribution is -0.133. The number of aromatic nitrogens is 1. The average Bonchev–Trinajstić information content (AvgIpc) is 2.78. The minimum absolute atomic E-state index is 0.0175. The number of nitrogens with zero attached hydrogens (tertiary/aromatic N) is 1. The molecule has 0 unspecified atom stereocenters. The molecule has 1 amide bonds. The standard InChI is InChI=1S/C10H14N2O3S2/c13-8(1-2-9-12-4-6-17-9)11-3-5-16-7-10(14)15/h4,6H,1-3,5,7H2,(H,11,13)(H,14,15). The molecule has 0 fully saturated rings. The zero-order valence-corrected chi connectivity index (χ0v) is 10.9. The molecule has 17 heavy (non-hydrogen) atoms. The first-order valence-corrected chi connectivity index (χ1v) is 7.16. The number of carboxylic acids is 1. The summed E-state index contributed by atoms with van der Waals surface area (Å²) in [6, 6.07) is 0. The number of carboxylic acid groups (broad SMARTS) is 1. The summed E-state index contributed by atoms with van der Waals surface area (Å²) in [5.74, 6) is -0.147. The van der Waals surface area contributed by atoms with Crippen molar-refractivity contribution in [3.8, 4) is 0 Å². The predicted octanol–water partition coefficient (Wildman–Crippen LogP) is 1.01. The largest absolute Gasteiger partial charge is 0.481 e. The summed E-state index contributed by atoms with van der Waals surface area (Å²) in [5, 5.41) is 14.0. The molecule has 0 radical (unpaired) electrons. The second-order valence-corrected chi connectivity index (χ2v) is 5.31. The van der Waals surface area contributed by atoms with E-state index in [1.54, 1.807) is 6.20 Å². The number of carbonyl (C=O) groups is 2. The van der Waals surface area contributed by atoms with Crippen molar-refractivity contribution in [2.45, 2.75) is 12.8 Å². The summed E-state index contributed by atoms with van der Waals surface area (Å²) >= 11 is 2.83. The number of aliphatic carboxylic acids is 1. The molecular weight excluding hydrogens is 260 g/mol. The highest BCUT2D eigenvalue weighted by molar-refractivity contribution is 7.99. The number of hydrogen-bond acceptors (Lipinski definition) is 5. The molecule has 1 aromatic rings. The van der Waals surface area contributed by atoms with Gasteiger partial charge in [-0.2, -0.15) is 0 Å². The van der Waals surface area contributed by atoms with Gasteiger partial charge < -0.3 is 10.4 Å². The topological polar surface area (TPSA) is 79.3 Å². The Labute approximate surface area is 108 Å². The molecule has 2 N–H and O–H groups in total. The van der Waals surface area contributed by atoms with Crippen LogP contribution in [0.3, 0.4) is 0 Å². The van der Waals surface area contributed by atoms with E-state index in [1.807, 2.05) is 5.38 Å². The molecule has 0 atom stereocenters. The van der Waals surface area contributed by atoms with E-state index in [-0.39, 0.29) is 11.7 Å². The van der Waals surface area contributed by atoms with Gasteiger partial charge in [-0.15, -0.1) is 23.1 Å². The van der Waals surface area contributed by atoms with Gasteiger partial charge in [0.15, 0.2) is 0 Å². The van der Waals surface area contributed by atoms with E-state index in [9.17, 15) is 9.59 Å². The minimum atomic E-state index is -0.829. The van der Waals surface area contributed by atoms with Gasteiger partial charge in [0.2, 0.25) is 5.91 Å². The van der Waals surface area contributed by atoms with Crippen molar-refractivity contribution < 1.29 is 14.7 Å². The van der Waals surface area contributed by atoms with Crippen LogP contribution in [0.15, 0.2) is 11.6 Å². The molecule has 94 valence electrons. The van der Waals surface area contributed by atoms with Gasteiger partial charge in [0, 0.05) is 36.7 Å². The smallest absolute Gasteiger partial charge is 0.313 e. The number of thiazole rings is 1. The Kier molecular flexibility index (Phi) is 6.64. The van der Waals surface area contributed by atoms with E-state index in [0.717, 1.165) is 5.01 Å².